The zero-order valence-corrected chi connectivity index (χ0v) is 12.2. The van der Waals surface area contributed by atoms with Gasteiger partial charge in [0.05, 0.1) is 11.7 Å². The molecule has 110 valence electrons. The van der Waals surface area contributed by atoms with Crippen LogP contribution in [0, 0.1) is 0 Å². The number of aromatic hydroxyl groups is 1. The monoisotopic (exact) mass is 290 g/mol. The standard InChI is InChI=1S/C19H18N2O/c22-18-11-9-16(10-12-18)19(15-6-2-1-3-7-15)21-14-17-8-4-5-13-20-17/h1-13,19,21-22H,14H2. The highest BCUT2D eigenvalue weighted by molar-refractivity contribution is 5.35. The molecule has 0 amide bonds. The van der Waals surface area contributed by atoms with E-state index in [-0.39, 0.29) is 11.8 Å². The average molecular weight is 290 g/mol. The van der Waals surface area contributed by atoms with Gasteiger partial charge in [-0.25, -0.2) is 0 Å². The normalized spacial score (nSPS) is 12.0. The molecule has 2 aromatic carbocycles. The van der Waals surface area contributed by atoms with Crippen LogP contribution in [0.4, 0.5) is 0 Å². The summed E-state index contributed by atoms with van der Waals surface area (Å²) in [5, 5.41) is 13.0. The smallest absolute Gasteiger partial charge is 0.115 e. The Labute approximate surface area is 130 Å². The number of phenols is 1. The van der Waals surface area contributed by atoms with E-state index in [0.29, 0.717) is 6.54 Å². The van der Waals surface area contributed by atoms with Crippen molar-refractivity contribution in [3.05, 3.63) is 95.8 Å². The van der Waals surface area contributed by atoms with Crippen LogP contribution in [0.3, 0.4) is 0 Å². The van der Waals surface area contributed by atoms with Crippen molar-refractivity contribution in [3.63, 3.8) is 0 Å². The highest BCUT2D eigenvalue weighted by Crippen LogP contribution is 2.24. The van der Waals surface area contributed by atoms with Crippen LogP contribution in [0.25, 0.3) is 0 Å². The molecule has 0 spiro atoms. The van der Waals surface area contributed by atoms with Crippen molar-refractivity contribution in [2.24, 2.45) is 0 Å². The predicted octanol–water partition coefficient (Wildman–Crippen LogP) is 3.67. The summed E-state index contributed by atoms with van der Waals surface area (Å²) in [6, 6.07) is 23.6. The number of rotatable bonds is 5. The molecule has 3 heteroatoms. The maximum absolute atomic E-state index is 9.49. The highest BCUT2D eigenvalue weighted by Gasteiger charge is 2.13. The topological polar surface area (TPSA) is 45.1 Å². The van der Waals surface area contributed by atoms with Gasteiger partial charge in [-0.05, 0) is 35.4 Å². The Hall–Kier alpha value is -2.65. The van der Waals surface area contributed by atoms with Crippen LogP contribution in [0.5, 0.6) is 5.75 Å². The Kier molecular flexibility index (Phi) is 4.47. The minimum absolute atomic E-state index is 0.0591. The summed E-state index contributed by atoms with van der Waals surface area (Å²) in [5.74, 6) is 0.278. The molecule has 3 nitrogen and oxygen atoms in total. The van der Waals surface area contributed by atoms with E-state index in [1.165, 1.54) is 5.56 Å². The van der Waals surface area contributed by atoms with Gasteiger partial charge in [-0.15, -0.1) is 0 Å². The second kappa shape index (κ2) is 6.87. The minimum atomic E-state index is 0.0591. The molecule has 3 aromatic rings. The van der Waals surface area contributed by atoms with Crippen LogP contribution in [0.1, 0.15) is 22.9 Å². The van der Waals surface area contributed by atoms with Crippen molar-refractivity contribution >= 4 is 0 Å². The molecule has 1 atom stereocenters. The number of phenolic OH excluding ortho intramolecular Hbond substituents is 1. The molecule has 0 saturated carbocycles. The maximum Gasteiger partial charge on any atom is 0.115 e. The van der Waals surface area contributed by atoms with E-state index in [0.717, 1.165) is 11.3 Å². The van der Waals surface area contributed by atoms with Gasteiger partial charge in [0.2, 0.25) is 0 Å². The maximum atomic E-state index is 9.49. The van der Waals surface area contributed by atoms with Crippen molar-refractivity contribution in [2.45, 2.75) is 12.6 Å². The number of benzene rings is 2. The Morgan fingerprint density at radius 1 is 0.818 bits per heavy atom. The third kappa shape index (κ3) is 3.51. The molecule has 0 aliphatic heterocycles. The Morgan fingerprint density at radius 2 is 1.50 bits per heavy atom. The van der Waals surface area contributed by atoms with Gasteiger partial charge in [0.15, 0.2) is 0 Å². The lowest BCUT2D eigenvalue weighted by Crippen LogP contribution is -2.22. The molecule has 3 rings (SSSR count). The number of nitrogens with one attached hydrogen (secondary N) is 1. The van der Waals surface area contributed by atoms with Crippen molar-refractivity contribution in [2.75, 3.05) is 0 Å². The highest BCUT2D eigenvalue weighted by atomic mass is 16.3. The number of pyridine rings is 1. The molecule has 1 heterocycles. The first kappa shape index (κ1) is 14.3. The molecule has 0 fully saturated rings. The Morgan fingerprint density at radius 3 is 2.18 bits per heavy atom. The van der Waals surface area contributed by atoms with E-state index in [9.17, 15) is 5.11 Å². The molecule has 2 N–H and O–H groups in total. The summed E-state index contributed by atoms with van der Waals surface area (Å²) in [5.41, 5.74) is 3.30. The molecule has 0 aliphatic rings. The van der Waals surface area contributed by atoms with Crippen LogP contribution in [0.15, 0.2) is 79.0 Å². The summed E-state index contributed by atoms with van der Waals surface area (Å²) in [6.45, 7) is 0.682. The first-order chi connectivity index (χ1) is 10.8. The molecule has 1 unspecified atom stereocenters. The predicted molar refractivity (Wildman–Crippen MR) is 87.5 cm³/mol. The largest absolute Gasteiger partial charge is 0.508 e. The van der Waals surface area contributed by atoms with Crippen LogP contribution in [-0.2, 0) is 6.54 Å². The van der Waals surface area contributed by atoms with E-state index < -0.39 is 0 Å². The fourth-order valence-electron chi connectivity index (χ4n) is 2.45. The first-order valence-electron chi connectivity index (χ1n) is 7.30. The zero-order valence-electron chi connectivity index (χ0n) is 12.2. The van der Waals surface area contributed by atoms with Crippen molar-refractivity contribution < 1.29 is 5.11 Å². The molecule has 22 heavy (non-hydrogen) atoms. The van der Waals surface area contributed by atoms with E-state index >= 15 is 0 Å². The Balaban J connectivity index is 1.85. The van der Waals surface area contributed by atoms with E-state index in [4.69, 9.17) is 0 Å². The van der Waals surface area contributed by atoms with Crippen molar-refractivity contribution in [1.82, 2.24) is 10.3 Å². The molecule has 0 radical (unpaired) electrons. The quantitative estimate of drug-likeness (QED) is 0.753. The van der Waals surface area contributed by atoms with Crippen LogP contribution in [-0.4, -0.2) is 10.1 Å². The average Bonchev–Trinajstić information content (AvgIpc) is 2.58. The summed E-state index contributed by atoms with van der Waals surface area (Å²) in [7, 11) is 0. The lowest BCUT2D eigenvalue weighted by Gasteiger charge is -2.20. The van der Waals surface area contributed by atoms with Crippen molar-refractivity contribution in [3.8, 4) is 5.75 Å². The van der Waals surface area contributed by atoms with Gasteiger partial charge < -0.3 is 10.4 Å². The number of aromatic nitrogens is 1. The van der Waals surface area contributed by atoms with Gasteiger partial charge in [-0.3, -0.25) is 4.98 Å². The third-order valence-electron chi connectivity index (χ3n) is 3.57. The Bertz CT molecular complexity index is 697. The second-order valence-electron chi connectivity index (χ2n) is 5.14. The second-order valence-corrected chi connectivity index (χ2v) is 5.14. The molecular formula is C19H18N2O. The zero-order chi connectivity index (χ0) is 15.2. The van der Waals surface area contributed by atoms with Gasteiger partial charge in [0.1, 0.15) is 5.75 Å². The fraction of sp³-hybridized carbons (Fsp3) is 0.105. The minimum Gasteiger partial charge on any atom is -0.508 e. The number of hydrogen-bond donors (Lipinski definition) is 2. The molecular weight excluding hydrogens is 272 g/mol. The van der Waals surface area contributed by atoms with Gasteiger partial charge in [-0.1, -0.05) is 48.5 Å². The SMILES string of the molecule is Oc1ccc(C(NCc2ccccn2)c2ccccc2)cc1. The van der Waals surface area contributed by atoms with Gasteiger partial charge in [0, 0.05) is 12.7 Å². The van der Waals surface area contributed by atoms with Gasteiger partial charge in [-0.2, -0.15) is 0 Å². The first-order valence-corrected chi connectivity index (χ1v) is 7.30. The van der Waals surface area contributed by atoms with Crippen LogP contribution >= 0.6 is 0 Å². The van der Waals surface area contributed by atoms with Crippen LogP contribution < -0.4 is 5.32 Å². The van der Waals surface area contributed by atoms with Gasteiger partial charge in [0.25, 0.3) is 0 Å². The number of hydrogen-bond acceptors (Lipinski definition) is 3. The third-order valence-corrected chi connectivity index (χ3v) is 3.57. The van der Waals surface area contributed by atoms with Gasteiger partial charge >= 0.3 is 0 Å². The fourth-order valence-corrected chi connectivity index (χ4v) is 2.45. The van der Waals surface area contributed by atoms with E-state index in [2.05, 4.69) is 22.4 Å². The number of nitrogens with zero attached hydrogens (tertiary/aromatic N) is 1. The molecule has 1 aromatic heterocycles. The summed E-state index contributed by atoms with van der Waals surface area (Å²) in [4.78, 5) is 4.35. The lowest BCUT2D eigenvalue weighted by atomic mass is 9.98. The summed E-state index contributed by atoms with van der Waals surface area (Å²) >= 11 is 0. The van der Waals surface area contributed by atoms with E-state index in [1.807, 2.05) is 48.5 Å². The molecule has 0 saturated heterocycles. The lowest BCUT2D eigenvalue weighted by molar-refractivity contribution is 0.474. The summed E-state index contributed by atoms with van der Waals surface area (Å²) in [6.07, 6.45) is 1.80. The molecule has 0 aliphatic carbocycles. The summed E-state index contributed by atoms with van der Waals surface area (Å²) < 4.78 is 0. The van der Waals surface area contributed by atoms with Crippen molar-refractivity contribution in [1.29, 1.82) is 0 Å². The van der Waals surface area contributed by atoms with Crippen LogP contribution in [0.2, 0.25) is 0 Å². The van der Waals surface area contributed by atoms with E-state index in [1.54, 1.807) is 18.3 Å². The molecule has 0 bridgehead atoms.